The number of ether oxygens (including phenoxy) is 1. The minimum absolute atomic E-state index is 0.324. The Morgan fingerprint density at radius 3 is 2.55 bits per heavy atom. The Bertz CT molecular complexity index is 1020. The fourth-order valence-electron chi connectivity index (χ4n) is 3.19. The molecule has 1 aromatic carbocycles. The minimum Gasteiger partial charge on any atom is -0.463 e. The number of benzene rings is 1. The lowest BCUT2D eigenvalue weighted by Crippen LogP contribution is -2.36. The van der Waals surface area contributed by atoms with Crippen molar-refractivity contribution in [3.63, 3.8) is 0 Å². The van der Waals surface area contributed by atoms with Crippen molar-refractivity contribution in [1.82, 2.24) is 9.78 Å². The van der Waals surface area contributed by atoms with E-state index >= 15 is 0 Å². The molecule has 1 N–H and O–H groups in total. The van der Waals surface area contributed by atoms with Crippen LogP contribution in [0.15, 0.2) is 64.0 Å². The maximum atomic E-state index is 12.7. The number of morpholine rings is 1. The summed E-state index contributed by atoms with van der Waals surface area (Å²) in [6.45, 7) is 4.77. The molecule has 0 bridgehead atoms. The van der Waals surface area contributed by atoms with E-state index < -0.39 is 6.04 Å². The Morgan fingerprint density at radius 1 is 1.10 bits per heavy atom. The molecule has 2 aromatic heterocycles. The zero-order valence-electron chi connectivity index (χ0n) is 16.1. The van der Waals surface area contributed by atoms with E-state index in [-0.39, 0.29) is 11.5 Å². The first-order valence-electron chi connectivity index (χ1n) is 9.49. The monoisotopic (exact) mass is 394 g/mol. The normalized spacial score (nSPS) is 15.1. The first-order valence-corrected chi connectivity index (χ1v) is 9.49. The predicted octanol–water partition coefficient (Wildman–Crippen LogP) is 2.54. The van der Waals surface area contributed by atoms with Gasteiger partial charge in [0, 0.05) is 30.5 Å². The summed E-state index contributed by atoms with van der Waals surface area (Å²) >= 11 is 0. The third kappa shape index (κ3) is 4.22. The molecule has 29 heavy (non-hydrogen) atoms. The van der Waals surface area contributed by atoms with Gasteiger partial charge in [0.25, 0.3) is 5.56 Å². The summed E-state index contributed by atoms with van der Waals surface area (Å²) < 4.78 is 11.9. The maximum absolute atomic E-state index is 12.7. The zero-order valence-corrected chi connectivity index (χ0v) is 16.1. The quantitative estimate of drug-likeness (QED) is 0.715. The van der Waals surface area contributed by atoms with Gasteiger partial charge in [0.1, 0.15) is 11.7 Å². The van der Waals surface area contributed by atoms with Gasteiger partial charge in [0.15, 0.2) is 5.76 Å². The van der Waals surface area contributed by atoms with Gasteiger partial charge < -0.3 is 19.4 Å². The molecule has 8 nitrogen and oxygen atoms in total. The van der Waals surface area contributed by atoms with Crippen LogP contribution in [0.5, 0.6) is 0 Å². The molecule has 1 amide bonds. The Hall–Kier alpha value is -3.39. The van der Waals surface area contributed by atoms with E-state index in [1.807, 2.05) is 24.3 Å². The second-order valence-electron chi connectivity index (χ2n) is 6.79. The van der Waals surface area contributed by atoms with Gasteiger partial charge in [0.05, 0.1) is 19.5 Å². The molecule has 8 heteroatoms. The van der Waals surface area contributed by atoms with Crippen LogP contribution < -0.4 is 15.8 Å². The topological polar surface area (TPSA) is 89.6 Å². The fourth-order valence-corrected chi connectivity index (χ4v) is 3.19. The van der Waals surface area contributed by atoms with E-state index in [2.05, 4.69) is 15.3 Å². The number of nitrogens with one attached hydrogen (secondary N) is 1. The second-order valence-corrected chi connectivity index (χ2v) is 6.79. The van der Waals surface area contributed by atoms with Crippen molar-refractivity contribution >= 4 is 17.3 Å². The Balaban J connectivity index is 1.47. The molecule has 3 heterocycles. The molecule has 0 unspecified atom stereocenters. The summed E-state index contributed by atoms with van der Waals surface area (Å²) in [6, 6.07) is 13.3. The third-order valence-corrected chi connectivity index (χ3v) is 4.86. The average molecular weight is 394 g/mol. The highest BCUT2D eigenvalue weighted by Gasteiger charge is 2.19. The van der Waals surface area contributed by atoms with Gasteiger partial charge in [0.2, 0.25) is 5.91 Å². The van der Waals surface area contributed by atoms with Crippen molar-refractivity contribution in [3.8, 4) is 11.5 Å². The first kappa shape index (κ1) is 18.9. The van der Waals surface area contributed by atoms with Gasteiger partial charge in [-0.05, 0) is 49.4 Å². The number of rotatable bonds is 5. The van der Waals surface area contributed by atoms with Crippen LogP contribution in [-0.4, -0.2) is 42.0 Å². The molecule has 0 spiro atoms. The Kier molecular flexibility index (Phi) is 5.44. The third-order valence-electron chi connectivity index (χ3n) is 4.86. The van der Waals surface area contributed by atoms with Crippen LogP contribution in [0.2, 0.25) is 0 Å². The molecule has 1 atom stereocenters. The van der Waals surface area contributed by atoms with Crippen molar-refractivity contribution in [3.05, 3.63) is 65.1 Å². The average Bonchev–Trinajstić information content (AvgIpc) is 3.30. The fraction of sp³-hybridized carbons (Fsp3) is 0.286. The van der Waals surface area contributed by atoms with Crippen LogP contribution in [0, 0.1) is 0 Å². The maximum Gasteiger partial charge on any atom is 0.267 e. The number of hydrogen-bond donors (Lipinski definition) is 1. The molecule has 0 radical (unpaired) electrons. The van der Waals surface area contributed by atoms with Gasteiger partial charge in [-0.3, -0.25) is 9.59 Å². The van der Waals surface area contributed by atoms with Crippen LogP contribution in [0.4, 0.5) is 11.4 Å². The van der Waals surface area contributed by atoms with Gasteiger partial charge in [-0.25, -0.2) is 4.68 Å². The van der Waals surface area contributed by atoms with Crippen LogP contribution >= 0.6 is 0 Å². The highest BCUT2D eigenvalue weighted by atomic mass is 16.5. The lowest BCUT2D eigenvalue weighted by molar-refractivity contribution is -0.119. The molecular weight excluding hydrogens is 372 g/mol. The molecule has 0 aliphatic carbocycles. The minimum atomic E-state index is -0.781. The lowest BCUT2D eigenvalue weighted by atomic mass is 10.2. The highest BCUT2D eigenvalue weighted by molar-refractivity contribution is 5.93. The van der Waals surface area contributed by atoms with Gasteiger partial charge in [-0.1, -0.05) is 0 Å². The van der Waals surface area contributed by atoms with Gasteiger partial charge in [-0.2, -0.15) is 5.10 Å². The summed E-state index contributed by atoms with van der Waals surface area (Å²) in [6.07, 6.45) is 1.53. The molecule has 0 saturated carbocycles. The SMILES string of the molecule is C[C@H](C(=O)Nc1ccc(N2CCOCC2)cc1)n1nc(-c2ccco2)ccc1=O. The second kappa shape index (κ2) is 8.32. The summed E-state index contributed by atoms with van der Waals surface area (Å²) in [7, 11) is 0. The Labute approximate surface area is 167 Å². The van der Waals surface area contributed by atoms with Crippen LogP contribution in [-0.2, 0) is 9.53 Å². The summed E-state index contributed by atoms with van der Waals surface area (Å²) in [5, 5.41) is 7.13. The number of furan rings is 1. The van der Waals surface area contributed by atoms with E-state index in [0.717, 1.165) is 36.7 Å². The van der Waals surface area contributed by atoms with E-state index in [4.69, 9.17) is 9.15 Å². The smallest absolute Gasteiger partial charge is 0.267 e. The number of amides is 1. The van der Waals surface area contributed by atoms with Gasteiger partial charge in [-0.15, -0.1) is 0 Å². The summed E-state index contributed by atoms with van der Waals surface area (Å²) in [5.74, 6) is 0.209. The van der Waals surface area contributed by atoms with Crippen molar-refractivity contribution in [2.75, 3.05) is 36.5 Å². The van der Waals surface area contributed by atoms with Crippen molar-refractivity contribution in [2.24, 2.45) is 0 Å². The van der Waals surface area contributed by atoms with E-state index in [9.17, 15) is 9.59 Å². The number of carbonyl (C=O) groups excluding carboxylic acids is 1. The zero-order chi connectivity index (χ0) is 20.2. The molecule has 4 rings (SSSR count). The Morgan fingerprint density at radius 2 is 1.86 bits per heavy atom. The van der Waals surface area contributed by atoms with Crippen LogP contribution in [0.1, 0.15) is 13.0 Å². The van der Waals surface area contributed by atoms with Crippen molar-refractivity contribution < 1.29 is 13.9 Å². The number of hydrogen-bond acceptors (Lipinski definition) is 6. The molecule has 150 valence electrons. The van der Waals surface area contributed by atoms with E-state index in [1.165, 1.54) is 12.3 Å². The summed E-state index contributed by atoms with van der Waals surface area (Å²) in [4.78, 5) is 27.2. The molecule has 3 aromatic rings. The lowest BCUT2D eigenvalue weighted by Gasteiger charge is -2.29. The molecule has 1 saturated heterocycles. The number of aromatic nitrogens is 2. The van der Waals surface area contributed by atoms with Crippen molar-refractivity contribution in [2.45, 2.75) is 13.0 Å². The standard InChI is InChI=1S/C21H22N4O4/c1-15(25-20(26)9-8-18(23-25)19-3-2-12-29-19)21(27)22-16-4-6-17(7-5-16)24-10-13-28-14-11-24/h2-9,12,15H,10-11,13-14H2,1H3,(H,22,27)/t15-/m1/s1. The van der Waals surface area contributed by atoms with E-state index in [1.54, 1.807) is 25.1 Å². The van der Waals surface area contributed by atoms with Crippen LogP contribution in [0.3, 0.4) is 0 Å². The first-order chi connectivity index (χ1) is 14.1. The molecule has 1 aliphatic rings. The number of carbonyl (C=O) groups is 1. The molecular formula is C21H22N4O4. The van der Waals surface area contributed by atoms with Crippen molar-refractivity contribution in [1.29, 1.82) is 0 Å². The van der Waals surface area contributed by atoms with Crippen LogP contribution in [0.25, 0.3) is 11.5 Å². The predicted molar refractivity (Wildman–Crippen MR) is 109 cm³/mol. The van der Waals surface area contributed by atoms with E-state index in [0.29, 0.717) is 17.1 Å². The number of nitrogens with zero attached hydrogens (tertiary/aromatic N) is 3. The summed E-state index contributed by atoms with van der Waals surface area (Å²) in [5.41, 5.74) is 1.88. The molecule has 1 fully saturated rings. The van der Waals surface area contributed by atoms with Gasteiger partial charge >= 0.3 is 0 Å². The number of anilines is 2. The highest BCUT2D eigenvalue weighted by Crippen LogP contribution is 2.20. The molecule has 1 aliphatic heterocycles. The largest absolute Gasteiger partial charge is 0.463 e.